The number of carbonyl (C=O) groups excluding carboxylic acids is 1. The second-order valence-corrected chi connectivity index (χ2v) is 6.47. The van der Waals surface area contributed by atoms with E-state index in [9.17, 15) is 13.6 Å². The molecule has 0 bridgehead atoms. The van der Waals surface area contributed by atoms with Crippen molar-refractivity contribution in [3.63, 3.8) is 0 Å². The predicted octanol–water partition coefficient (Wildman–Crippen LogP) is 2.67. The van der Waals surface area contributed by atoms with E-state index < -0.39 is 23.3 Å². The lowest BCUT2D eigenvalue weighted by Crippen LogP contribution is -2.26. The average molecular weight is 338 g/mol. The van der Waals surface area contributed by atoms with Crippen molar-refractivity contribution in [2.75, 3.05) is 7.05 Å². The van der Waals surface area contributed by atoms with Gasteiger partial charge in [-0.25, -0.2) is 19.2 Å². The molecule has 0 amide bonds. The van der Waals surface area contributed by atoms with E-state index in [4.69, 9.17) is 4.74 Å². The molecule has 130 valence electrons. The number of hydrogen-bond acceptors (Lipinski definition) is 5. The summed E-state index contributed by atoms with van der Waals surface area (Å²) in [4.78, 5) is 24.1. The molecule has 1 N–H and O–H groups in total. The van der Waals surface area contributed by atoms with Gasteiger partial charge in [0.15, 0.2) is 5.69 Å². The van der Waals surface area contributed by atoms with E-state index in [0.29, 0.717) is 5.69 Å². The van der Waals surface area contributed by atoms with Crippen LogP contribution in [0, 0.1) is 11.8 Å². The van der Waals surface area contributed by atoms with Gasteiger partial charge in [0.25, 0.3) is 0 Å². The summed E-state index contributed by atoms with van der Waals surface area (Å²) < 4.78 is 32.6. The molecule has 0 aliphatic heterocycles. The van der Waals surface area contributed by atoms with Crippen LogP contribution in [0.1, 0.15) is 42.5 Å². The number of pyridine rings is 1. The summed E-state index contributed by atoms with van der Waals surface area (Å²) in [7, 11) is 1.67. The van der Waals surface area contributed by atoms with Crippen LogP contribution in [0.4, 0.5) is 8.78 Å². The van der Waals surface area contributed by atoms with Crippen molar-refractivity contribution in [2.24, 2.45) is 0 Å². The third-order valence-corrected chi connectivity index (χ3v) is 3.11. The first-order valence-electron chi connectivity index (χ1n) is 7.40. The fraction of sp³-hybridized carbons (Fsp3) is 0.438. The number of H-pyrrole nitrogens is 1. The predicted molar refractivity (Wildman–Crippen MR) is 83.1 cm³/mol. The molecule has 2 aromatic heterocycles. The number of nitrogens with zero attached hydrogens (tertiary/aromatic N) is 3. The SMILES string of the molecule is CN(Cc1[nH]cnc1C(=O)OC(C)(C)C)Cc1c(F)ccnc1F. The van der Waals surface area contributed by atoms with Crippen LogP contribution in [0.2, 0.25) is 0 Å². The Balaban J connectivity index is 2.09. The second-order valence-electron chi connectivity index (χ2n) is 6.47. The molecule has 0 aliphatic rings. The smallest absolute Gasteiger partial charge is 0.359 e. The Labute approximate surface area is 138 Å². The van der Waals surface area contributed by atoms with Crippen LogP contribution in [0.5, 0.6) is 0 Å². The van der Waals surface area contributed by atoms with Gasteiger partial charge in [-0.3, -0.25) is 4.90 Å². The van der Waals surface area contributed by atoms with Crippen molar-refractivity contribution in [3.05, 3.63) is 47.3 Å². The molecule has 0 radical (unpaired) electrons. The quantitative estimate of drug-likeness (QED) is 0.670. The highest BCUT2D eigenvalue weighted by Gasteiger charge is 2.23. The molecule has 0 spiro atoms. The number of carbonyl (C=O) groups is 1. The van der Waals surface area contributed by atoms with E-state index in [0.717, 1.165) is 12.3 Å². The Morgan fingerprint density at radius 1 is 1.29 bits per heavy atom. The summed E-state index contributed by atoms with van der Waals surface area (Å²) in [6.07, 6.45) is 2.46. The molecule has 24 heavy (non-hydrogen) atoms. The first-order chi connectivity index (χ1) is 11.2. The largest absolute Gasteiger partial charge is 0.455 e. The minimum Gasteiger partial charge on any atom is -0.455 e. The third kappa shape index (κ3) is 4.58. The lowest BCUT2D eigenvalue weighted by molar-refractivity contribution is 0.00613. The van der Waals surface area contributed by atoms with Gasteiger partial charge in [0.2, 0.25) is 5.95 Å². The maximum absolute atomic E-state index is 13.7. The van der Waals surface area contributed by atoms with Gasteiger partial charge in [0.1, 0.15) is 11.4 Å². The van der Waals surface area contributed by atoms with E-state index in [2.05, 4.69) is 15.0 Å². The fourth-order valence-corrected chi connectivity index (χ4v) is 2.13. The zero-order valence-electron chi connectivity index (χ0n) is 14.1. The van der Waals surface area contributed by atoms with Crippen LogP contribution in [-0.4, -0.2) is 38.5 Å². The number of imidazole rings is 1. The summed E-state index contributed by atoms with van der Waals surface area (Å²) in [5.41, 5.74) is -0.0973. The van der Waals surface area contributed by atoms with Crippen molar-refractivity contribution in [2.45, 2.75) is 39.5 Å². The summed E-state index contributed by atoms with van der Waals surface area (Å²) >= 11 is 0. The highest BCUT2D eigenvalue weighted by Crippen LogP contribution is 2.16. The number of esters is 1. The minimum absolute atomic E-state index is 0.00170. The van der Waals surface area contributed by atoms with Gasteiger partial charge < -0.3 is 9.72 Å². The van der Waals surface area contributed by atoms with E-state index in [1.165, 1.54) is 6.33 Å². The van der Waals surface area contributed by atoms with Crippen molar-refractivity contribution >= 4 is 5.97 Å². The Morgan fingerprint density at radius 2 is 2.00 bits per heavy atom. The number of hydrogen-bond donors (Lipinski definition) is 1. The summed E-state index contributed by atoms with van der Waals surface area (Å²) in [5, 5.41) is 0. The van der Waals surface area contributed by atoms with Crippen LogP contribution in [0.25, 0.3) is 0 Å². The molecular formula is C16H20F2N4O2. The second kappa shape index (κ2) is 7.04. The standard InChI is InChI=1S/C16H20F2N4O2/c1-16(2,3)24-15(23)13-12(20-9-21-13)8-22(4)7-10-11(17)5-6-19-14(10)18/h5-6,9H,7-8H2,1-4H3,(H,20,21). The monoisotopic (exact) mass is 338 g/mol. The molecule has 0 unspecified atom stereocenters. The van der Waals surface area contributed by atoms with Crippen molar-refractivity contribution in [3.8, 4) is 0 Å². The maximum Gasteiger partial charge on any atom is 0.359 e. The zero-order chi connectivity index (χ0) is 17.9. The fourth-order valence-electron chi connectivity index (χ4n) is 2.13. The van der Waals surface area contributed by atoms with Crippen molar-refractivity contribution < 1.29 is 18.3 Å². The number of rotatable bonds is 5. The molecule has 2 rings (SSSR count). The first kappa shape index (κ1) is 18.0. The molecule has 0 fully saturated rings. The van der Waals surface area contributed by atoms with Gasteiger partial charge in [-0.15, -0.1) is 0 Å². The van der Waals surface area contributed by atoms with Gasteiger partial charge in [-0.2, -0.15) is 4.39 Å². The molecular weight excluding hydrogens is 318 g/mol. The molecule has 2 heterocycles. The Hall–Kier alpha value is -2.35. The summed E-state index contributed by atoms with van der Waals surface area (Å²) in [6.45, 7) is 5.52. The van der Waals surface area contributed by atoms with Crippen molar-refractivity contribution in [1.82, 2.24) is 19.9 Å². The minimum atomic E-state index is -0.848. The number of nitrogens with one attached hydrogen (secondary N) is 1. The van der Waals surface area contributed by atoms with Crippen molar-refractivity contribution in [1.29, 1.82) is 0 Å². The topological polar surface area (TPSA) is 71.1 Å². The molecule has 0 saturated carbocycles. The number of aromatic amines is 1. The summed E-state index contributed by atoms with van der Waals surface area (Å²) in [5.74, 6) is -2.06. The van der Waals surface area contributed by atoms with Crippen LogP contribution >= 0.6 is 0 Å². The van der Waals surface area contributed by atoms with Gasteiger partial charge >= 0.3 is 5.97 Å². The lowest BCUT2D eigenvalue weighted by Gasteiger charge is -2.20. The molecule has 0 saturated heterocycles. The highest BCUT2D eigenvalue weighted by molar-refractivity contribution is 5.88. The molecule has 2 aromatic rings. The Morgan fingerprint density at radius 3 is 2.62 bits per heavy atom. The number of ether oxygens (including phenoxy) is 1. The van der Waals surface area contributed by atoms with E-state index in [1.54, 1.807) is 32.7 Å². The first-order valence-corrected chi connectivity index (χ1v) is 7.40. The molecule has 0 aromatic carbocycles. The van der Waals surface area contributed by atoms with Crippen LogP contribution in [-0.2, 0) is 17.8 Å². The van der Waals surface area contributed by atoms with Crippen LogP contribution in [0.15, 0.2) is 18.6 Å². The van der Waals surface area contributed by atoms with Gasteiger partial charge in [0.05, 0.1) is 17.6 Å². The van der Waals surface area contributed by atoms with Gasteiger partial charge in [0, 0.05) is 19.3 Å². The molecule has 0 atom stereocenters. The zero-order valence-corrected chi connectivity index (χ0v) is 14.1. The Kier molecular flexibility index (Phi) is 5.28. The average Bonchev–Trinajstić information content (AvgIpc) is 2.89. The summed E-state index contributed by atoms with van der Waals surface area (Å²) in [6, 6.07) is 1.11. The number of halogens is 2. The van der Waals surface area contributed by atoms with E-state index in [1.807, 2.05) is 0 Å². The van der Waals surface area contributed by atoms with E-state index >= 15 is 0 Å². The normalized spacial score (nSPS) is 11.8. The van der Waals surface area contributed by atoms with Gasteiger partial charge in [-0.1, -0.05) is 0 Å². The van der Waals surface area contributed by atoms with Gasteiger partial charge in [-0.05, 0) is 33.9 Å². The third-order valence-electron chi connectivity index (χ3n) is 3.11. The molecule has 8 heteroatoms. The number of aromatic nitrogens is 3. The maximum atomic E-state index is 13.7. The van der Waals surface area contributed by atoms with E-state index in [-0.39, 0.29) is 24.3 Å². The highest BCUT2D eigenvalue weighted by atomic mass is 19.1. The van der Waals surface area contributed by atoms with Crippen LogP contribution < -0.4 is 0 Å². The lowest BCUT2D eigenvalue weighted by atomic mass is 10.2. The van der Waals surface area contributed by atoms with Crippen LogP contribution in [0.3, 0.4) is 0 Å². The molecule has 6 nitrogen and oxygen atoms in total. The Bertz CT molecular complexity index is 705. The molecule has 0 aliphatic carbocycles.